The third kappa shape index (κ3) is 4.02. The lowest BCUT2D eigenvalue weighted by atomic mass is 10.2. The highest BCUT2D eigenvalue weighted by molar-refractivity contribution is 6.30. The first-order chi connectivity index (χ1) is 15.4. The molecule has 1 aliphatic carbocycles. The van der Waals surface area contributed by atoms with E-state index in [1.807, 2.05) is 66.9 Å². The quantitative estimate of drug-likeness (QED) is 0.612. The van der Waals surface area contributed by atoms with Crippen LogP contribution in [-0.4, -0.2) is 61.5 Å². The molecule has 0 bridgehead atoms. The largest absolute Gasteiger partial charge is 0.346 e. The minimum atomic E-state index is -0.0676. The van der Waals surface area contributed by atoms with Crippen molar-refractivity contribution >= 4 is 23.6 Å². The first-order valence-corrected chi connectivity index (χ1v) is 11.2. The summed E-state index contributed by atoms with van der Waals surface area (Å²) in [5.41, 5.74) is 3.79. The van der Waals surface area contributed by atoms with Gasteiger partial charge in [-0.1, -0.05) is 11.6 Å². The van der Waals surface area contributed by atoms with Crippen LogP contribution in [0.5, 0.6) is 0 Å². The van der Waals surface area contributed by atoms with Gasteiger partial charge in [0, 0.05) is 54.7 Å². The first-order valence-electron chi connectivity index (χ1n) is 10.8. The predicted molar refractivity (Wildman–Crippen MR) is 123 cm³/mol. The molecule has 3 aromatic rings. The number of likely N-dealkylation sites (N-methyl/N-ethyl adjacent to an activating group) is 1. The van der Waals surface area contributed by atoms with Crippen molar-refractivity contribution in [2.45, 2.75) is 38.3 Å². The van der Waals surface area contributed by atoms with Crippen LogP contribution >= 0.6 is 11.6 Å². The molecule has 0 radical (unpaired) electrons. The second-order valence-corrected chi connectivity index (χ2v) is 9.05. The number of urea groups is 1. The number of nitrogens with zero attached hydrogens (tertiary/aromatic N) is 6. The van der Waals surface area contributed by atoms with Gasteiger partial charge in [-0.15, -0.1) is 0 Å². The highest BCUT2D eigenvalue weighted by Gasteiger charge is 2.48. The average molecular weight is 452 g/mol. The third-order valence-corrected chi connectivity index (χ3v) is 6.43. The predicted octanol–water partition coefficient (Wildman–Crippen LogP) is 4.02. The van der Waals surface area contributed by atoms with Crippen LogP contribution in [-0.2, 0) is 0 Å². The number of benzene rings is 1. The summed E-state index contributed by atoms with van der Waals surface area (Å²) in [4.78, 5) is 30.0. The van der Waals surface area contributed by atoms with Crippen molar-refractivity contribution < 1.29 is 4.79 Å². The van der Waals surface area contributed by atoms with E-state index in [1.54, 1.807) is 11.2 Å². The summed E-state index contributed by atoms with van der Waals surface area (Å²) in [6, 6.07) is 9.95. The lowest BCUT2D eigenvalue weighted by Gasteiger charge is -2.16. The summed E-state index contributed by atoms with van der Waals surface area (Å²) in [6.45, 7) is 5.60. The van der Waals surface area contributed by atoms with Gasteiger partial charge >= 0.3 is 6.03 Å². The van der Waals surface area contributed by atoms with Crippen LogP contribution in [0.3, 0.4) is 0 Å². The number of aryl methyl sites for hydroxylation is 1. The molecule has 3 atom stereocenters. The van der Waals surface area contributed by atoms with E-state index >= 15 is 0 Å². The Morgan fingerprint density at radius 2 is 1.97 bits per heavy atom. The van der Waals surface area contributed by atoms with Crippen LogP contribution in [0.1, 0.15) is 42.4 Å². The fourth-order valence-corrected chi connectivity index (χ4v) is 4.38. The van der Waals surface area contributed by atoms with Gasteiger partial charge in [0.15, 0.2) is 0 Å². The zero-order valence-electron chi connectivity index (χ0n) is 18.4. The van der Waals surface area contributed by atoms with Gasteiger partial charge in [-0.2, -0.15) is 0 Å². The molecule has 2 aromatic heterocycles. The van der Waals surface area contributed by atoms with E-state index < -0.39 is 0 Å². The fourth-order valence-electron chi connectivity index (χ4n) is 4.25. The molecule has 1 N–H and O–H groups in total. The molecule has 1 aliphatic heterocycles. The Bertz CT molecular complexity index is 1150. The van der Waals surface area contributed by atoms with Crippen molar-refractivity contribution in [3.8, 4) is 5.69 Å². The molecule has 2 amide bonds. The van der Waals surface area contributed by atoms with Crippen LogP contribution < -0.4 is 5.32 Å². The molecule has 32 heavy (non-hydrogen) atoms. The SMILES string of the molecule is Cc1cc(C2C[C@@H]2N2CCN(C)C2=O)nc(N[C@@H](C)c2cn(-c3ccc(Cl)cc3)cn2)n1. The number of imidazole rings is 1. The highest BCUT2D eigenvalue weighted by Crippen LogP contribution is 2.45. The molecule has 9 heteroatoms. The molecule has 0 spiro atoms. The number of anilines is 1. The molecule has 8 nitrogen and oxygen atoms in total. The van der Waals surface area contributed by atoms with Crippen molar-refractivity contribution in [2.75, 3.05) is 25.5 Å². The van der Waals surface area contributed by atoms with Gasteiger partial charge in [-0.05, 0) is 50.6 Å². The Kier molecular flexibility index (Phi) is 5.25. The molecule has 5 rings (SSSR count). The zero-order valence-corrected chi connectivity index (χ0v) is 19.1. The maximum Gasteiger partial charge on any atom is 0.320 e. The van der Waals surface area contributed by atoms with Crippen LogP contribution in [0.2, 0.25) is 5.02 Å². The number of carbonyl (C=O) groups excluding carboxylic acids is 1. The van der Waals surface area contributed by atoms with E-state index in [-0.39, 0.29) is 24.0 Å². The Morgan fingerprint density at radius 3 is 2.69 bits per heavy atom. The number of rotatable bonds is 6. The van der Waals surface area contributed by atoms with Gasteiger partial charge in [-0.25, -0.2) is 19.7 Å². The maximum absolute atomic E-state index is 12.3. The smallest absolute Gasteiger partial charge is 0.320 e. The molecular formula is C23H26ClN7O. The summed E-state index contributed by atoms with van der Waals surface area (Å²) < 4.78 is 1.96. The van der Waals surface area contributed by atoms with Gasteiger partial charge in [0.2, 0.25) is 5.95 Å². The highest BCUT2D eigenvalue weighted by atomic mass is 35.5. The number of hydrogen-bond acceptors (Lipinski definition) is 5. The van der Waals surface area contributed by atoms with Crippen LogP contribution in [0.4, 0.5) is 10.7 Å². The van der Waals surface area contributed by atoms with E-state index in [4.69, 9.17) is 16.6 Å². The standard InChI is InChI=1S/C23H26ClN7O/c1-14-10-19(18-11-21(18)31-9-8-29(3)23(31)32)28-22(26-14)27-15(2)20-12-30(13-25-20)17-6-4-16(24)5-7-17/h4-7,10,12-13,15,18,21H,8-9,11H2,1-3H3,(H,26,27,28)/t15-,18?,21-/m0/s1. The third-order valence-electron chi connectivity index (χ3n) is 6.18. The van der Waals surface area contributed by atoms with E-state index in [1.165, 1.54) is 0 Å². The van der Waals surface area contributed by atoms with Crippen molar-refractivity contribution in [1.29, 1.82) is 0 Å². The Balaban J connectivity index is 1.28. The minimum absolute atomic E-state index is 0.0676. The number of halogens is 1. The fraction of sp³-hybridized carbons (Fsp3) is 0.391. The summed E-state index contributed by atoms with van der Waals surface area (Å²) in [5.74, 6) is 0.858. The van der Waals surface area contributed by atoms with Crippen molar-refractivity contribution in [1.82, 2.24) is 29.3 Å². The minimum Gasteiger partial charge on any atom is -0.346 e. The Morgan fingerprint density at radius 1 is 1.19 bits per heavy atom. The Labute approximate surface area is 192 Å². The summed E-state index contributed by atoms with van der Waals surface area (Å²) in [7, 11) is 1.85. The van der Waals surface area contributed by atoms with Crippen LogP contribution in [0, 0.1) is 6.92 Å². The van der Waals surface area contributed by atoms with E-state index in [0.29, 0.717) is 11.0 Å². The lowest BCUT2D eigenvalue weighted by Crippen LogP contribution is -2.32. The molecule has 1 aromatic carbocycles. The van der Waals surface area contributed by atoms with Crippen LogP contribution in [0.25, 0.3) is 5.69 Å². The van der Waals surface area contributed by atoms with Gasteiger partial charge in [0.25, 0.3) is 0 Å². The topological polar surface area (TPSA) is 79.2 Å². The van der Waals surface area contributed by atoms with Gasteiger partial charge in [0.1, 0.15) is 0 Å². The molecule has 2 aliphatic rings. The van der Waals surface area contributed by atoms with Gasteiger partial charge in [-0.3, -0.25) is 0 Å². The zero-order chi connectivity index (χ0) is 22.4. The van der Waals surface area contributed by atoms with Crippen LogP contribution in [0.15, 0.2) is 42.9 Å². The van der Waals surface area contributed by atoms with E-state index in [2.05, 4.69) is 15.3 Å². The van der Waals surface area contributed by atoms with Crippen molar-refractivity contribution in [2.24, 2.45) is 0 Å². The first kappa shape index (κ1) is 20.8. The Hall–Kier alpha value is -3.13. The molecule has 3 heterocycles. The molecule has 1 unspecified atom stereocenters. The van der Waals surface area contributed by atoms with E-state index in [9.17, 15) is 4.79 Å². The van der Waals surface area contributed by atoms with Gasteiger partial charge in [0.05, 0.1) is 23.8 Å². The number of aromatic nitrogens is 4. The normalized spacial score (nSPS) is 21.2. The number of hydrogen-bond donors (Lipinski definition) is 1. The molecule has 1 saturated carbocycles. The number of nitrogens with one attached hydrogen (secondary N) is 1. The molecule has 1 saturated heterocycles. The molecule has 166 valence electrons. The summed E-state index contributed by atoms with van der Waals surface area (Å²) >= 11 is 5.99. The second kappa shape index (κ2) is 8.09. The van der Waals surface area contributed by atoms with E-state index in [0.717, 1.165) is 42.3 Å². The maximum atomic E-state index is 12.3. The molecular weight excluding hydrogens is 426 g/mol. The second-order valence-electron chi connectivity index (χ2n) is 8.61. The molecule has 2 fully saturated rings. The van der Waals surface area contributed by atoms with Crippen molar-refractivity contribution in [3.63, 3.8) is 0 Å². The average Bonchev–Trinajstić information content (AvgIpc) is 3.26. The number of amides is 2. The summed E-state index contributed by atoms with van der Waals surface area (Å²) in [6.07, 6.45) is 4.73. The van der Waals surface area contributed by atoms with Gasteiger partial charge < -0.3 is 19.7 Å². The monoisotopic (exact) mass is 451 g/mol. The van der Waals surface area contributed by atoms with Crippen molar-refractivity contribution in [3.05, 3.63) is 65.0 Å². The summed E-state index contributed by atoms with van der Waals surface area (Å²) in [5, 5.41) is 4.09. The lowest BCUT2D eigenvalue weighted by molar-refractivity contribution is 0.196. The number of carbonyl (C=O) groups is 1.